The Hall–Kier alpha value is -1.26. The zero-order valence-corrected chi connectivity index (χ0v) is 8.15. The van der Waals surface area contributed by atoms with Crippen molar-refractivity contribution < 1.29 is 13.9 Å². The van der Waals surface area contributed by atoms with Crippen LogP contribution in [0.15, 0.2) is 24.3 Å². The number of halogens is 1. The Kier molecular flexibility index (Phi) is 3.08. The molecule has 0 saturated carbocycles. The molecule has 1 aliphatic rings. The van der Waals surface area contributed by atoms with Gasteiger partial charge in [-0.15, -0.1) is 0 Å². The lowest BCUT2D eigenvalue weighted by atomic mass is 10.1. The molecule has 1 fully saturated rings. The maximum absolute atomic E-state index is 13.0. The molecule has 1 aromatic carbocycles. The molecular weight excluding hydrogens is 197 g/mol. The minimum Gasteiger partial charge on any atom is -0.377 e. The Labute approximate surface area is 87.2 Å². The number of rotatable bonds is 2. The second kappa shape index (κ2) is 4.51. The van der Waals surface area contributed by atoms with E-state index in [1.807, 2.05) is 6.07 Å². The Morgan fingerprint density at radius 3 is 3.07 bits per heavy atom. The molecule has 0 aliphatic carbocycles. The van der Waals surface area contributed by atoms with E-state index in [0.29, 0.717) is 13.2 Å². The molecule has 0 spiro atoms. The van der Waals surface area contributed by atoms with Gasteiger partial charge < -0.3 is 9.53 Å². The summed E-state index contributed by atoms with van der Waals surface area (Å²) in [4.78, 5) is 10.6. The summed E-state index contributed by atoms with van der Waals surface area (Å²) in [7, 11) is 0. The SMILES string of the molecule is O=CC1COCC(c2cccc(F)c2)N1. The highest BCUT2D eigenvalue weighted by Crippen LogP contribution is 2.17. The lowest BCUT2D eigenvalue weighted by Crippen LogP contribution is -2.44. The maximum Gasteiger partial charge on any atom is 0.139 e. The van der Waals surface area contributed by atoms with Gasteiger partial charge in [0.1, 0.15) is 12.1 Å². The second-order valence-electron chi connectivity index (χ2n) is 3.55. The van der Waals surface area contributed by atoms with Crippen LogP contribution in [0.1, 0.15) is 11.6 Å². The fraction of sp³-hybridized carbons (Fsp3) is 0.364. The topological polar surface area (TPSA) is 38.3 Å². The average molecular weight is 209 g/mol. The zero-order valence-electron chi connectivity index (χ0n) is 8.15. The number of carbonyl (C=O) groups excluding carboxylic acids is 1. The van der Waals surface area contributed by atoms with Gasteiger partial charge in [-0.05, 0) is 17.7 Å². The highest BCUT2D eigenvalue weighted by atomic mass is 19.1. The average Bonchev–Trinajstić information content (AvgIpc) is 2.29. The Morgan fingerprint density at radius 2 is 2.33 bits per heavy atom. The fourth-order valence-electron chi connectivity index (χ4n) is 1.66. The van der Waals surface area contributed by atoms with Crippen molar-refractivity contribution in [3.05, 3.63) is 35.6 Å². The highest BCUT2D eigenvalue weighted by Gasteiger charge is 2.22. The summed E-state index contributed by atoms with van der Waals surface area (Å²) < 4.78 is 18.2. The first-order chi connectivity index (χ1) is 7.29. The van der Waals surface area contributed by atoms with Crippen molar-refractivity contribution in [2.75, 3.05) is 13.2 Å². The van der Waals surface area contributed by atoms with Gasteiger partial charge >= 0.3 is 0 Å². The van der Waals surface area contributed by atoms with Gasteiger partial charge in [0.05, 0.1) is 25.3 Å². The summed E-state index contributed by atoms with van der Waals surface area (Å²) in [5, 5.41) is 3.09. The molecule has 0 bridgehead atoms. The van der Waals surface area contributed by atoms with Crippen LogP contribution >= 0.6 is 0 Å². The summed E-state index contributed by atoms with van der Waals surface area (Å²) in [5.74, 6) is -0.275. The number of benzene rings is 1. The van der Waals surface area contributed by atoms with E-state index < -0.39 is 0 Å². The molecule has 80 valence electrons. The van der Waals surface area contributed by atoms with E-state index in [4.69, 9.17) is 4.74 Å². The number of ether oxygens (including phenoxy) is 1. The zero-order chi connectivity index (χ0) is 10.7. The molecular formula is C11H12FNO2. The van der Waals surface area contributed by atoms with E-state index in [0.717, 1.165) is 11.8 Å². The van der Waals surface area contributed by atoms with Crippen LogP contribution in [-0.4, -0.2) is 25.5 Å². The van der Waals surface area contributed by atoms with Gasteiger partial charge in [0.2, 0.25) is 0 Å². The summed E-state index contributed by atoms with van der Waals surface area (Å²) in [5.41, 5.74) is 0.807. The highest BCUT2D eigenvalue weighted by molar-refractivity contribution is 5.58. The minimum atomic E-state index is -0.299. The third kappa shape index (κ3) is 2.40. The summed E-state index contributed by atoms with van der Waals surface area (Å²) in [6.45, 7) is 0.850. The van der Waals surface area contributed by atoms with E-state index in [1.54, 1.807) is 6.07 Å². The van der Waals surface area contributed by atoms with Gasteiger partial charge in [0, 0.05) is 0 Å². The van der Waals surface area contributed by atoms with Crippen molar-refractivity contribution in [3.63, 3.8) is 0 Å². The van der Waals surface area contributed by atoms with Crippen molar-refractivity contribution in [2.45, 2.75) is 12.1 Å². The molecule has 0 amide bonds. The first-order valence-electron chi connectivity index (χ1n) is 4.84. The third-order valence-corrected chi connectivity index (χ3v) is 2.41. The lowest BCUT2D eigenvalue weighted by Gasteiger charge is -2.28. The second-order valence-corrected chi connectivity index (χ2v) is 3.55. The fourth-order valence-corrected chi connectivity index (χ4v) is 1.66. The summed E-state index contributed by atoms with van der Waals surface area (Å²) in [6, 6.07) is 5.91. The molecule has 1 saturated heterocycles. The van der Waals surface area contributed by atoms with Crippen LogP contribution in [0.5, 0.6) is 0 Å². The molecule has 4 heteroatoms. The van der Waals surface area contributed by atoms with Crippen molar-refractivity contribution >= 4 is 6.29 Å². The molecule has 1 aliphatic heterocycles. The Morgan fingerprint density at radius 1 is 1.47 bits per heavy atom. The minimum absolute atomic E-state index is 0.107. The number of hydrogen-bond donors (Lipinski definition) is 1. The van der Waals surface area contributed by atoms with Gasteiger partial charge in [-0.2, -0.15) is 0 Å². The molecule has 2 rings (SSSR count). The normalized spacial score (nSPS) is 26.2. The van der Waals surface area contributed by atoms with Gasteiger partial charge in [-0.3, -0.25) is 5.32 Å². The van der Waals surface area contributed by atoms with Crippen molar-refractivity contribution in [1.82, 2.24) is 5.32 Å². The molecule has 3 nitrogen and oxygen atoms in total. The predicted molar refractivity (Wildman–Crippen MR) is 52.9 cm³/mol. The van der Waals surface area contributed by atoms with Crippen LogP contribution in [0.2, 0.25) is 0 Å². The van der Waals surface area contributed by atoms with E-state index in [9.17, 15) is 9.18 Å². The standard InChI is InChI=1S/C11H12FNO2/c12-9-3-1-2-8(4-9)11-7-15-6-10(5-14)13-11/h1-5,10-11,13H,6-7H2. The van der Waals surface area contributed by atoms with Crippen LogP contribution in [-0.2, 0) is 9.53 Å². The van der Waals surface area contributed by atoms with Crippen LogP contribution in [0.25, 0.3) is 0 Å². The van der Waals surface area contributed by atoms with Gasteiger partial charge in [0.15, 0.2) is 0 Å². The molecule has 15 heavy (non-hydrogen) atoms. The summed E-state index contributed by atoms with van der Waals surface area (Å²) in [6.07, 6.45) is 0.811. The van der Waals surface area contributed by atoms with Crippen molar-refractivity contribution in [1.29, 1.82) is 0 Å². The molecule has 0 radical (unpaired) electrons. The first-order valence-corrected chi connectivity index (χ1v) is 4.84. The molecule has 2 atom stereocenters. The van der Waals surface area contributed by atoms with Crippen LogP contribution in [0.4, 0.5) is 4.39 Å². The molecule has 1 aromatic rings. The van der Waals surface area contributed by atoms with E-state index in [1.165, 1.54) is 12.1 Å². The lowest BCUT2D eigenvalue weighted by molar-refractivity contribution is -0.112. The van der Waals surface area contributed by atoms with E-state index in [-0.39, 0.29) is 17.9 Å². The largest absolute Gasteiger partial charge is 0.377 e. The Balaban J connectivity index is 2.13. The smallest absolute Gasteiger partial charge is 0.139 e. The monoisotopic (exact) mass is 209 g/mol. The number of aldehydes is 1. The van der Waals surface area contributed by atoms with Crippen LogP contribution in [0.3, 0.4) is 0 Å². The van der Waals surface area contributed by atoms with Crippen LogP contribution in [0, 0.1) is 5.82 Å². The maximum atomic E-state index is 13.0. The number of morpholine rings is 1. The number of carbonyl (C=O) groups is 1. The van der Waals surface area contributed by atoms with E-state index >= 15 is 0 Å². The van der Waals surface area contributed by atoms with Crippen molar-refractivity contribution in [3.8, 4) is 0 Å². The first kappa shape index (κ1) is 10.3. The molecule has 1 N–H and O–H groups in total. The predicted octanol–water partition coefficient (Wildman–Crippen LogP) is 1.05. The van der Waals surface area contributed by atoms with Crippen LogP contribution < -0.4 is 5.32 Å². The quantitative estimate of drug-likeness (QED) is 0.740. The number of nitrogens with one attached hydrogen (secondary N) is 1. The van der Waals surface area contributed by atoms with Gasteiger partial charge in [0.25, 0.3) is 0 Å². The number of hydrogen-bond acceptors (Lipinski definition) is 3. The molecule has 2 unspecified atom stereocenters. The molecule has 1 heterocycles. The summed E-state index contributed by atoms with van der Waals surface area (Å²) >= 11 is 0. The van der Waals surface area contributed by atoms with Crippen molar-refractivity contribution in [2.24, 2.45) is 0 Å². The van der Waals surface area contributed by atoms with Gasteiger partial charge in [-0.1, -0.05) is 12.1 Å². The third-order valence-electron chi connectivity index (χ3n) is 2.41. The van der Waals surface area contributed by atoms with E-state index in [2.05, 4.69) is 5.32 Å². The van der Waals surface area contributed by atoms with Gasteiger partial charge in [-0.25, -0.2) is 4.39 Å². The molecule has 0 aromatic heterocycles. The Bertz CT molecular complexity index is 356.